The van der Waals surface area contributed by atoms with Crippen LogP contribution in [0.1, 0.15) is 20.8 Å². The number of fused-ring (bicyclic) bond motifs is 3. The zero-order valence-electron chi connectivity index (χ0n) is 12.6. The molecule has 4 N–H and O–H groups in total. The van der Waals surface area contributed by atoms with Gasteiger partial charge in [-0.25, -0.2) is 4.98 Å². The number of carbonyl (C=O) groups excluding carboxylic acids is 1. The first kappa shape index (κ1) is 14.6. The molecule has 0 atom stereocenters. The number of thiophene rings is 2. The standard InChI is InChI=1S/C16H16N4OS2/c1-20-5-4-8-9(7-20)13(10-3-2-6-22-10)19-16-11(8)12(17)14(23-16)15(18)21/h2-3,6H,4-5,7,17H2,1H3,(H2,18,21). The van der Waals surface area contributed by atoms with Crippen LogP contribution in [0.3, 0.4) is 0 Å². The highest BCUT2D eigenvalue weighted by molar-refractivity contribution is 7.21. The van der Waals surface area contributed by atoms with Crippen molar-refractivity contribution in [2.24, 2.45) is 5.73 Å². The first-order chi connectivity index (χ1) is 11.1. The summed E-state index contributed by atoms with van der Waals surface area (Å²) >= 11 is 2.97. The number of aromatic nitrogens is 1. The lowest BCUT2D eigenvalue weighted by molar-refractivity contribution is 0.100. The van der Waals surface area contributed by atoms with Crippen LogP contribution in [0.2, 0.25) is 0 Å². The molecule has 3 aromatic heterocycles. The van der Waals surface area contributed by atoms with Crippen molar-refractivity contribution < 1.29 is 4.79 Å². The van der Waals surface area contributed by atoms with Gasteiger partial charge in [-0.2, -0.15) is 0 Å². The van der Waals surface area contributed by atoms with E-state index in [4.69, 9.17) is 16.5 Å². The van der Waals surface area contributed by atoms with Crippen molar-refractivity contribution >= 4 is 44.5 Å². The summed E-state index contributed by atoms with van der Waals surface area (Å²) in [6.07, 6.45) is 0.905. The lowest BCUT2D eigenvalue weighted by Crippen LogP contribution is -2.27. The van der Waals surface area contributed by atoms with E-state index >= 15 is 0 Å². The molecule has 4 heterocycles. The highest BCUT2D eigenvalue weighted by Gasteiger charge is 2.26. The van der Waals surface area contributed by atoms with E-state index < -0.39 is 5.91 Å². The van der Waals surface area contributed by atoms with Crippen LogP contribution in [0, 0.1) is 0 Å². The third-order valence-corrected chi connectivity index (χ3v) is 6.23. The monoisotopic (exact) mass is 344 g/mol. The molecule has 0 radical (unpaired) electrons. The minimum Gasteiger partial charge on any atom is -0.397 e. The Kier molecular flexibility index (Phi) is 3.37. The number of rotatable bonds is 2. The largest absolute Gasteiger partial charge is 0.397 e. The average Bonchev–Trinajstić information content (AvgIpc) is 3.14. The highest BCUT2D eigenvalue weighted by Crippen LogP contribution is 2.41. The van der Waals surface area contributed by atoms with E-state index in [1.54, 1.807) is 11.3 Å². The number of nitrogens with zero attached hydrogens (tertiary/aromatic N) is 2. The molecular weight excluding hydrogens is 328 g/mol. The van der Waals surface area contributed by atoms with Gasteiger partial charge in [0.05, 0.1) is 16.3 Å². The lowest BCUT2D eigenvalue weighted by Gasteiger charge is -2.27. The van der Waals surface area contributed by atoms with Gasteiger partial charge in [-0.3, -0.25) is 4.79 Å². The molecule has 7 heteroatoms. The smallest absolute Gasteiger partial charge is 0.260 e. The van der Waals surface area contributed by atoms with Gasteiger partial charge in [-0.05, 0) is 36.0 Å². The van der Waals surface area contributed by atoms with Crippen LogP contribution in [-0.4, -0.2) is 29.4 Å². The van der Waals surface area contributed by atoms with Crippen LogP contribution in [-0.2, 0) is 13.0 Å². The fraction of sp³-hybridized carbons (Fsp3) is 0.250. The number of amides is 1. The number of anilines is 1. The van der Waals surface area contributed by atoms with Crippen molar-refractivity contribution in [1.82, 2.24) is 9.88 Å². The summed E-state index contributed by atoms with van der Waals surface area (Å²) in [4.78, 5) is 21.1. The molecule has 0 bridgehead atoms. The SMILES string of the molecule is CN1CCc2c(c(-c3cccs3)nc3sc(C(N)=O)c(N)c23)C1. The Labute approximate surface area is 141 Å². The molecule has 118 valence electrons. The molecule has 5 nitrogen and oxygen atoms in total. The minimum atomic E-state index is -0.482. The Balaban J connectivity index is 2.07. The van der Waals surface area contributed by atoms with E-state index in [0.717, 1.165) is 40.3 Å². The summed E-state index contributed by atoms with van der Waals surface area (Å²) in [7, 11) is 2.11. The summed E-state index contributed by atoms with van der Waals surface area (Å²) in [6.45, 7) is 1.81. The maximum atomic E-state index is 11.6. The van der Waals surface area contributed by atoms with Crippen LogP contribution in [0.25, 0.3) is 20.8 Å². The first-order valence-electron chi connectivity index (χ1n) is 7.32. The molecule has 4 rings (SSSR count). The Bertz CT molecular complexity index is 914. The molecule has 1 aliphatic rings. The topological polar surface area (TPSA) is 85.2 Å². The normalized spacial score (nSPS) is 15.0. The number of likely N-dealkylation sites (N-methyl/N-ethyl adjacent to an activating group) is 1. The van der Waals surface area contributed by atoms with Crippen LogP contribution in [0.5, 0.6) is 0 Å². The van der Waals surface area contributed by atoms with Crippen LogP contribution < -0.4 is 11.5 Å². The van der Waals surface area contributed by atoms with Crippen LogP contribution >= 0.6 is 22.7 Å². The molecular formula is C16H16N4OS2. The van der Waals surface area contributed by atoms with Crippen LogP contribution in [0.15, 0.2) is 17.5 Å². The Hall–Kier alpha value is -1.96. The fourth-order valence-corrected chi connectivity index (χ4v) is 4.88. The van der Waals surface area contributed by atoms with Crippen LogP contribution in [0.4, 0.5) is 5.69 Å². The molecule has 0 unspecified atom stereocenters. The lowest BCUT2D eigenvalue weighted by atomic mass is 9.95. The van der Waals surface area contributed by atoms with Crippen molar-refractivity contribution in [2.75, 3.05) is 19.3 Å². The summed E-state index contributed by atoms with van der Waals surface area (Å²) in [5, 5.41) is 2.98. The van der Waals surface area contributed by atoms with Crippen molar-refractivity contribution in [3.63, 3.8) is 0 Å². The van der Waals surface area contributed by atoms with Gasteiger partial charge in [-0.1, -0.05) is 6.07 Å². The second kappa shape index (κ2) is 5.30. The number of primary amides is 1. The molecule has 0 fully saturated rings. The van der Waals surface area contributed by atoms with Gasteiger partial charge in [0.2, 0.25) is 0 Å². The summed E-state index contributed by atoms with van der Waals surface area (Å²) in [5.41, 5.74) is 15.6. The van der Waals surface area contributed by atoms with E-state index in [-0.39, 0.29) is 0 Å². The zero-order valence-corrected chi connectivity index (χ0v) is 14.3. The second-order valence-corrected chi connectivity index (χ2v) is 7.72. The molecule has 0 spiro atoms. The van der Waals surface area contributed by atoms with Gasteiger partial charge in [0.25, 0.3) is 5.91 Å². The van der Waals surface area contributed by atoms with Crippen molar-refractivity contribution in [1.29, 1.82) is 0 Å². The number of nitrogens with two attached hydrogens (primary N) is 2. The number of carbonyl (C=O) groups is 1. The van der Waals surface area contributed by atoms with Crippen molar-refractivity contribution in [3.05, 3.63) is 33.5 Å². The van der Waals surface area contributed by atoms with Gasteiger partial charge >= 0.3 is 0 Å². The quantitative estimate of drug-likeness (QED) is 0.748. The van der Waals surface area contributed by atoms with E-state index in [1.165, 1.54) is 22.5 Å². The average molecular weight is 344 g/mol. The summed E-state index contributed by atoms with van der Waals surface area (Å²) in [6, 6.07) is 4.11. The molecule has 3 aromatic rings. The number of hydrogen-bond donors (Lipinski definition) is 2. The summed E-state index contributed by atoms with van der Waals surface area (Å²) < 4.78 is 0. The van der Waals surface area contributed by atoms with E-state index in [1.807, 2.05) is 6.07 Å². The van der Waals surface area contributed by atoms with Crippen molar-refractivity contribution in [3.8, 4) is 10.6 Å². The maximum Gasteiger partial charge on any atom is 0.260 e. The predicted molar refractivity (Wildman–Crippen MR) is 95.9 cm³/mol. The van der Waals surface area contributed by atoms with E-state index in [9.17, 15) is 4.79 Å². The summed E-state index contributed by atoms with van der Waals surface area (Å²) in [5.74, 6) is -0.482. The van der Waals surface area contributed by atoms with Gasteiger partial charge < -0.3 is 16.4 Å². The second-order valence-electron chi connectivity index (χ2n) is 5.77. The van der Waals surface area contributed by atoms with Crippen molar-refractivity contribution in [2.45, 2.75) is 13.0 Å². The van der Waals surface area contributed by atoms with Gasteiger partial charge in [0, 0.05) is 18.5 Å². The molecule has 1 aliphatic heterocycles. The molecule has 1 amide bonds. The Morgan fingerprint density at radius 1 is 1.39 bits per heavy atom. The van der Waals surface area contributed by atoms with Gasteiger partial charge in [-0.15, -0.1) is 22.7 Å². The molecule has 0 aliphatic carbocycles. The Morgan fingerprint density at radius 3 is 2.91 bits per heavy atom. The third-order valence-electron chi connectivity index (χ3n) is 4.24. The Morgan fingerprint density at radius 2 is 2.22 bits per heavy atom. The third kappa shape index (κ3) is 2.23. The van der Waals surface area contributed by atoms with E-state index in [0.29, 0.717) is 10.6 Å². The highest BCUT2D eigenvalue weighted by atomic mass is 32.1. The van der Waals surface area contributed by atoms with Gasteiger partial charge in [0.1, 0.15) is 9.71 Å². The number of hydrogen-bond acceptors (Lipinski definition) is 6. The number of pyridine rings is 1. The maximum absolute atomic E-state index is 11.6. The predicted octanol–water partition coefficient (Wildman–Crippen LogP) is 2.69. The molecule has 0 saturated heterocycles. The minimum absolute atomic E-state index is 0.414. The molecule has 0 aromatic carbocycles. The number of nitrogen functional groups attached to an aromatic ring is 1. The van der Waals surface area contributed by atoms with Gasteiger partial charge in [0.15, 0.2) is 0 Å². The first-order valence-corrected chi connectivity index (χ1v) is 9.02. The molecule has 23 heavy (non-hydrogen) atoms. The van der Waals surface area contributed by atoms with E-state index in [2.05, 4.69) is 23.4 Å². The molecule has 0 saturated carbocycles. The zero-order chi connectivity index (χ0) is 16.1. The fourth-order valence-electron chi connectivity index (χ4n) is 3.16.